The van der Waals surface area contributed by atoms with Gasteiger partial charge in [-0.15, -0.1) is 0 Å². The van der Waals surface area contributed by atoms with Crippen LogP contribution in [0.2, 0.25) is 5.02 Å². The number of carbonyl (C=O) groups excluding carboxylic acids is 3. The number of rotatable bonds is 6. The van der Waals surface area contributed by atoms with Crippen LogP contribution in [0.3, 0.4) is 0 Å². The fraction of sp³-hybridized carbons (Fsp3) is 0.500. The van der Waals surface area contributed by atoms with E-state index in [0.29, 0.717) is 42.0 Å². The van der Waals surface area contributed by atoms with Crippen molar-refractivity contribution < 1.29 is 18.8 Å². The maximum absolute atomic E-state index is 15.3. The van der Waals surface area contributed by atoms with Crippen LogP contribution in [0.25, 0.3) is 0 Å². The quantitative estimate of drug-likeness (QED) is 0.358. The summed E-state index contributed by atoms with van der Waals surface area (Å²) in [4.78, 5) is 55.9. The first-order valence-corrected chi connectivity index (χ1v) is 18.3. The van der Waals surface area contributed by atoms with Crippen molar-refractivity contribution in [3.05, 3.63) is 86.5 Å². The van der Waals surface area contributed by atoms with E-state index in [1.165, 1.54) is 16.3 Å². The van der Waals surface area contributed by atoms with Crippen LogP contribution in [0.15, 0.2) is 53.5 Å². The SMILES string of the molecule is CN1C[C@H](Nc2cnn(C)c(=O)c2Cl)C[C@H](c2ccc(C(=O)N3CCC4(CC3)CCN(c3ccc(C5CCC(=O)NC5=O)cc3F)CC4)cc2)C1. The Kier molecular flexibility index (Phi) is 9.91. The average molecular weight is 718 g/mol. The molecular weight excluding hydrogens is 673 g/mol. The molecule has 1 spiro atoms. The molecule has 2 N–H and O–H groups in total. The minimum Gasteiger partial charge on any atom is -0.378 e. The van der Waals surface area contributed by atoms with Crippen LogP contribution in [0.5, 0.6) is 0 Å². The van der Waals surface area contributed by atoms with Crippen LogP contribution < -0.4 is 21.1 Å². The zero-order valence-corrected chi connectivity index (χ0v) is 29.9. The number of aromatic nitrogens is 2. The van der Waals surface area contributed by atoms with E-state index in [4.69, 9.17) is 11.6 Å². The molecule has 13 heteroatoms. The molecule has 3 aromatic rings. The van der Waals surface area contributed by atoms with Crippen molar-refractivity contribution in [1.82, 2.24) is 24.9 Å². The second-order valence-corrected chi connectivity index (χ2v) is 15.3. The fourth-order valence-corrected chi connectivity index (χ4v) is 8.72. The highest BCUT2D eigenvalue weighted by Crippen LogP contribution is 2.43. The Morgan fingerprint density at radius 1 is 0.961 bits per heavy atom. The summed E-state index contributed by atoms with van der Waals surface area (Å²) >= 11 is 6.31. The van der Waals surface area contributed by atoms with Crippen molar-refractivity contribution in [2.75, 3.05) is 56.5 Å². The predicted octanol–water partition coefficient (Wildman–Crippen LogP) is 4.52. The number of carbonyl (C=O) groups is 3. The van der Waals surface area contributed by atoms with Gasteiger partial charge in [0.2, 0.25) is 11.8 Å². The van der Waals surface area contributed by atoms with Gasteiger partial charge in [0.25, 0.3) is 11.5 Å². The van der Waals surface area contributed by atoms with Gasteiger partial charge in [0.05, 0.1) is 23.5 Å². The van der Waals surface area contributed by atoms with E-state index < -0.39 is 5.92 Å². The smallest absolute Gasteiger partial charge is 0.287 e. The molecule has 0 radical (unpaired) electrons. The number of benzene rings is 2. The Labute approximate surface area is 302 Å². The van der Waals surface area contributed by atoms with Crippen LogP contribution in [0.1, 0.15) is 78.3 Å². The zero-order chi connectivity index (χ0) is 35.9. The van der Waals surface area contributed by atoms with Crippen LogP contribution in [0.4, 0.5) is 15.8 Å². The highest BCUT2D eigenvalue weighted by Gasteiger charge is 2.39. The van der Waals surface area contributed by atoms with Gasteiger partial charge in [0.1, 0.15) is 10.8 Å². The Bertz CT molecular complexity index is 1870. The lowest BCUT2D eigenvalue weighted by Crippen LogP contribution is -2.48. The van der Waals surface area contributed by atoms with Gasteiger partial charge in [0.15, 0.2) is 0 Å². The van der Waals surface area contributed by atoms with Gasteiger partial charge in [-0.25, -0.2) is 9.07 Å². The number of nitrogens with one attached hydrogen (secondary N) is 2. The number of halogens is 2. The van der Waals surface area contributed by atoms with Crippen molar-refractivity contribution in [2.45, 2.75) is 62.8 Å². The van der Waals surface area contributed by atoms with Gasteiger partial charge in [0, 0.05) is 64.3 Å². The monoisotopic (exact) mass is 717 g/mol. The van der Waals surface area contributed by atoms with Crippen LogP contribution in [-0.4, -0.2) is 89.7 Å². The maximum atomic E-state index is 15.3. The molecule has 4 aliphatic rings. The molecule has 0 aliphatic carbocycles. The molecule has 11 nitrogen and oxygen atoms in total. The molecule has 4 fully saturated rings. The Morgan fingerprint density at radius 2 is 1.65 bits per heavy atom. The molecule has 0 bridgehead atoms. The van der Waals surface area contributed by atoms with Crippen LogP contribution in [-0.2, 0) is 16.6 Å². The van der Waals surface area contributed by atoms with Crippen molar-refractivity contribution in [3.63, 3.8) is 0 Å². The largest absolute Gasteiger partial charge is 0.378 e. The number of likely N-dealkylation sites (tertiary alicyclic amines) is 2. The first kappa shape index (κ1) is 35.1. The standard InChI is InChI=1S/C38H45ClFN7O4/c1-44-22-27(19-28(23-44)42-31-21-41-45(2)37(51)34(31)39)24-3-5-25(6-4-24)36(50)47-17-13-38(14-18-47)11-15-46(16-12-38)32-9-7-26(20-30(32)40)29-8-10-33(48)43-35(29)49/h3-7,9,20-21,27-29,42H,8,10-19,22-23H2,1-2H3,(H,43,48,49)/t27-,28+,29?/m0/s1. The number of imide groups is 1. The predicted molar refractivity (Wildman–Crippen MR) is 194 cm³/mol. The normalized spacial score (nSPS) is 24.0. The van der Waals surface area contributed by atoms with E-state index in [-0.39, 0.29) is 57.9 Å². The van der Waals surface area contributed by atoms with E-state index in [2.05, 4.69) is 44.7 Å². The van der Waals surface area contributed by atoms with E-state index >= 15 is 4.39 Å². The van der Waals surface area contributed by atoms with Crippen molar-refractivity contribution in [3.8, 4) is 0 Å². The summed E-state index contributed by atoms with van der Waals surface area (Å²) < 4.78 is 16.5. The lowest BCUT2D eigenvalue weighted by molar-refractivity contribution is -0.134. The molecule has 3 amide bonds. The van der Waals surface area contributed by atoms with E-state index in [9.17, 15) is 19.2 Å². The van der Waals surface area contributed by atoms with Gasteiger partial charge < -0.3 is 20.0 Å². The molecule has 4 aliphatic heterocycles. The van der Waals surface area contributed by atoms with E-state index in [1.807, 2.05) is 23.1 Å². The fourth-order valence-electron chi connectivity index (χ4n) is 8.49. The molecular formula is C38H45ClFN7O4. The Balaban J connectivity index is 0.912. The maximum Gasteiger partial charge on any atom is 0.287 e. The molecule has 7 rings (SSSR count). The molecule has 51 heavy (non-hydrogen) atoms. The molecule has 4 saturated heterocycles. The summed E-state index contributed by atoms with van der Waals surface area (Å²) in [5.41, 5.74) is 3.37. The highest BCUT2D eigenvalue weighted by atomic mass is 35.5. The first-order chi connectivity index (χ1) is 24.5. The lowest BCUT2D eigenvalue weighted by atomic mass is 9.71. The summed E-state index contributed by atoms with van der Waals surface area (Å²) in [6.45, 7) is 4.59. The van der Waals surface area contributed by atoms with Gasteiger partial charge in [-0.2, -0.15) is 5.10 Å². The summed E-state index contributed by atoms with van der Waals surface area (Å²) in [5.74, 6) is -1.18. The number of nitrogens with zero attached hydrogens (tertiary/aromatic N) is 5. The average Bonchev–Trinajstić information content (AvgIpc) is 3.12. The minimum atomic E-state index is -0.505. The van der Waals surface area contributed by atoms with Crippen LogP contribution in [0, 0.1) is 11.2 Å². The molecule has 0 saturated carbocycles. The third-order valence-corrected chi connectivity index (χ3v) is 12.0. The third-order valence-electron chi connectivity index (χ3n) is 11.6. The summed E-state index contributed by atoms with van der Waals surface area (Å²) in [6.07, 6.45) is 6.84. The van der Waals surface area contributed by atoms with E-state index in [1.54, 1.807) is 19.3 Å². The highest BCUT2D eigenvalue weighted by molar-refractivity contribution is 6.32. The summed E-state index contributed by atoms with van der Waals surface area (Å²) in [5, 5.41) is 10.0. The topological polar surface area (TPSA) is 120 Å². The van der Waals surface area contributed by atoms with Crippen LogP contribution >= 0.6 is 11.6 Å². The van der Waals surface area contributed by atoms with Gasteiger partial charge in [-0.3, -0.25) is 24.5 Å². The summed E-state index contributed by atoms with van der Waals surface area (Å²) in [6, 6.07) is 13.1. The Hall–Kier alpha value is -4.29. The number of likely N-dealkylation sites (N-methyl/N-ethyl adjacent to an activating group) is 1. The second kappa shape index (κ2) is 14.4. The lowest BCUT2D eigenvalue weighted by Gasteiger charge is -2.47. The number of amides is 3. The number of hydrogen-bond acceptors (Lipinski definition) is 8. The molecule has 5 heterocycles. The van der Waals surface area contributed by atoms with Crippen molar-refractivity contribution >= 4 is 40.7 Å². The molecule has 270 valence electrons. The number of hydrogen-bond donors (Lipinski definition) is 2. The molecule has 2 aromatic carbocycles. The molecule has 3 atom stereocenters. The number of piperidine rings is 4. The van der Waals surface area contributed by atoms with Gasteiger partial charge >= 0.3 is 0 Å². The third kappa shape index (κ3) is 7.39. The second-order valence-electron chi connectivity index (χ2n) is 14.9. The Morgan fingerprint density at radius 3 is 2.33 bits per heavy atom. The van der Waals surface area contributed by atoms with Crippen molar-refractivity contribution in [2.24, 2.45) is 12.5 Å². The molecule has 1 aromatic heterocycles. The van der Waals surface area contributed by atoms with Gasteiger partial charge in [-0.05, 0) is 92.3 Å². The van der Waals surface area contributed by atoms with E-state index in [0.717, 1.165) is 58.3 Å². The first-order valence-electron chi connectivity index (χ1n) is 17.9. The molecule has 1 unspecified atom stereocenters. The van der Waals surface area contributed by atoms with Gasteiger partial charge in [-0.1, -0.05) is 29.8 Å². The minimum absolute atomic E-state index is 0.0557. The summed E-state index contributed by atoms with van der Waals surface area (Å²) in [7, 11) is 3.65. The zero-order valence-electron chi connectivity index (χ0n) is 29.2. The number of anilines is 2. The number of aryl methyl sites for hydroxylation is 1. The van der Waals surface area contributed by atoms with Crippen molar-refractivity contribution in [1.29, 1.82) is 0 Å².